The van der Waals surface area contributed by atoms with Gasteiger partial charge in [-0.3, -0.25) is 4.79 Å². The molecule has 104 valence electrons. The Morgan fingerprint density at radius 2 is 1.85 bits per heavy atom. The largest absolute Gasteiger partial charge is 0.365 e. The molecule has 0 unspecified atom stereocenters. The Morgan fingerprint density at radius 3 is 2.35 bits per heavy atom. The van der Waals surface area contributed by atoms with Crippen molar-refractivity contribution in [1.29, 1.82) is 0 Å². The van der Waals surface area contributed by atoms with Gasteiger partial charge < -0.3 is 11.1 Å². The third-order valence-corrected chi connectivity index (χ3v) is 2.62. The molecule has 7 heteroatoms. The first-order chi connectivity index (χ1) is 9.56. The lowest BCUT2D eigenvalue weighted by atomic mass is 10.1. The summed E-state index contributed by atoms with van der Waals surface area (Å²) in [5, 5.41) is 10.4. The highest BCUT2D eigenvalue weighted by molar-refractivity contribution is 5.90. The van der Waals surface area contributed by atoms with Crippen LogP contribution in [0.2, 0.25) is 0 Å². The fourth-order valence-electron chi connectivity index (χ4n) is 1.53. The second-order valence-electron chi connectivity index (χ2n) is 4.06. The molecule has 0 atom stereocenters. The number of carbonyl (C=O) groups is 1. The van der Waals surface area contributed by atoms with Crippen molar-refractivity contribution in [2.24, 2.45) is 5.73 Å². The first kappa shape index (κ1) is 13.9. The van der Waals surface area contributed by atoms with Crippen LogP contribution in [0.1, 0.15) is 28.0 Å². The van der Waals surface area contributed by atoms with Gasteiger partial charge in [0.05, 0.1) is 0 Å². The number of hydrogen-bond acceptors (Lipinski definition) is 4. The van der Waals surface area contributed by atoms with Crippen molar-refractivity contribution in [3.05, 3.63) is 53.2 Å². The van der Waals surface area contributed by atoms with Gasteiger partial charge in [-0.2, -0.15) is 0 Å². The van der Waals surface area contributed by atoms with Crippen LogP contribution in [0.4, 0.5) is 14.6 Å². The van der Waals surface area contributed by atoms with Crippen LogP contribution in [0.25, 0.3) is 0 Å². The van der Waals surface area contributed by atoms with E-state index in [0.29, 0.717) is 12.4 Å². The van der Waals surface area contributed by atoms with Crippen LogP contribution >= 0.6 is 0 Å². The van der Waals surface area contributed by atoms with Gasteiger partial charge in [0.15, 0.2) is 5.69 Å². The van der Waals surface area contributed by atoms with Crippen LogP contribution in [0.3, 0.4) is 0 Å². The highest BCUT2D eigenvalue weighted by Gasteiger charge is 2.06. The van der Waals surface area contributed by atoms with Gasteiger partial charge in [-0.25, -0.2) is 8.78 Å². The van der Waals surface area contributed by atoms with Crippen LogP contribution < -0.4 is 11.1 Å². The molecule has 0 aliphatic heterocycles. The molecular formula is C13H12F2N4O. The number of benzene rings is 1. The van der Waals surface area contributed by atoms with Gasteiger partial charge in [0.2, 0.25) is 0 Å². The van der Waals surface area contributed by atoms with E-state index in [1.807, 2.05) is 0 Å². The van der Waals surface area contributed by atoms with Gasteiger partial charge in [-0.05, 0) is 17.7 Å². The van der Waals surface area contributed by atoms with Crippen LogP contribution in [-0.2, 0) is 6.54 Å². The average molecular weight is 278 g/mol. The van der Waals surface area contributed by atoms with E-state index in [1.165, 1.54) is 18.2 Å². The molecule has 0 aliphatic carbocycles. The number of hydrogen-bond donors (Lipinski definition) is 2. The number of nitrogens with zero attached hydrogens (tertiary/aromatic N) is 2. The molecule has 0 radical (unpaired) electrons. The Labute approximate surface area is 113 Å². The molecule has 5 nitrogen and oxygen atoms in total. The molecule has 0 bridgehead atoms. The van der Waals surface area contributed by atoms with Crippen molar-refractivity contribution in [2.75, 3.05) is 5.32 Å². The average Bonchev–Trinajstić information content (AvgIpc) is 2.46. The van der Waals surface area contributed by atoms with Crippen molar-refractivity contribution in [3.8, 4) is 0 Å². The molecule has 0 fully saturated rings. The topological polar surface area (TPSA) is 80.9 Å². The van der Waals surface area contributed by atoms with Crippen molar-refractivity contribution in [3.63, 3.8) is 0 Å². The Morgan fingerprint density at radius 1 is 1.15 bits per heavy atom. The summed E-state index contributed by atoms with van der Waals surface area (Å²) in [6, 6.07) is 9.00. The summed E-state index contributed by atoms with van der Waals surface area (Å²) >= 11 is 0. The number of amides is 1. The maximum atomic E-state index is 12.4. The van der Waals surface area contributed by atoms with Gasteiger partial charge >= 0.3 is 0 Å². The summed E-state index contributed by atoms with van der Waals surface area (Å²) in [7, 11) is 0. The van der Waals surface area contributed by atoms with Crippen LogP contribution in [-0.4, -0.2) is 16.1 Å². The van der Waals surface area contributed by atoms with Crippen LogP contribution in [0, 0.1) is 0 Å². The van der Waals surface area contributed by atoms with Gasteiger partial charge in [-0.1, -0.05) is 24.3 Å². The second kappa shape index (κ2) is 6.05. The molecule has 0 saturated carbocycles. The first-order valence-electron chi connectivity index (χ1n) is 5.80. The molecule has 2 aromatic rings. The lowest BCUT2D eigenvalue weighted by Crippen LogP contribution is -2.14. The van der Waals surface area contributed by atoms with E-state index in [9.17, 15) is 13.6 Å². The van der Waals surface area contributed by atoms with Crippen molar-refractivity contribution < 1.29 is 13.6 Å². The number of anilines is 1. The molecule has 3 N–H and O–H groups in total. The minimum Gasteiger partial charge on any atom is -0.365 e. The molecule has 1 aromatic heterocycles. The number of alkyl halides is 2. The lowest BCUT2D eigenvalue weighted by molar-refractivity contribution is 0.0994. The highest BCUT2D eigenvalue weighted by Crippen LogP contribution is 2.18. The third-order valence-electron chi connectivity index (χ3n) is 2.62. The van der Waals surface area contributed by atoms with Gasteiger partial charge in [0, 0.05) is 12.1 Å². The van der Waals surface area contributed by atoms with E-state index in [4.69, 9.17) is 5.73 Å². The van der Waals surface area contributed by atoms with Crippen molar-refractivity contribution >= 4 is 11.7 Å². The Balaban J connectivity index is 1.96. The Hall–Kier alpha value is -2.57. The predicted molar refractivity (Wildman–Crippen MR) is 69.3 cm³/mol. The molecular weight excluding hydrogens is 266 g/mol. The normalized spacial score (nSPS) is 10.6. The summed E-state index contributed by atoms with van der Waals surface area (Å²) < 4.78 is 24.8. The van der Waals surface area contributed by atoms with Crippen molar-refractivity contribution in [1.82, 2.24) is 10.2 Å². The number of rotatable bonds is 5. The number of halogens is 2. The molecule has 1 amide bonds. The lowest BCUT2D eigenvalue weighted by Gasteiger charge is -2.06. The molecule has 0 saturated heterocycles. The number of nitrogens with two attached hydrogens (primary N) is 1. The zero-order valence-corrected chi connectivity index (χ0v) is 10.4. The fraction of sp³-hybridized carbons (Fsp3) is 0.154. The number of nitrogens with one attached hydrogen (secondary N) is 1. The molecule has 0 aliphatic rings. The third kappa shape index (κ3) is 3.47. The van der Waals surface area contributed by atoms with E-state index in [-0.39, 0.29) is 11.3 Å². The van der Waals surface area contributed by atoms with Gasteiger partial charge in [0.1, 0.15) is 5.82 Å². The summed E-state index contributed by atoms with van der Waals surface area (Å²) in [5.41, 5.74) is 5.94. The zero-order chi connectivity index (χ0) is 14.5. The van der Waals surface area contributed by atoms with Crippen molar-refractivity contribution in [2.45, 2.75) is 13.0 Å². The number of carbonyl (C=O) groups excluding carboxylic acids is 1. The fourth-order valence-corrected chi connectivity index (χ4v) is 1.53. The standard InChI is InChI=1S/C13H12F2N4O/c14-12(15)9-3-1-8(2-4-9)7-17-11-6-5-10(13(16)20)18-19-11/h1-6,12H,7H2,(H2,16,20)(H,17,19). The maximum Gasteiger partial charge on any atom is 0.269 e. The monoisotopic (exact) mass is 278 g/mol. The van der Waals surface area contributed by atoms with E-state index in [0.717, 1.165) is 5.56 Å². The molecule has 20 heavy (non-hydrogen) atoms. The predicted octanol–water partition coefficient (Wildman–Crippen LogP) is 2.13. The second-order valence-corrected chi connectivity index (χ2v) is 4.06. The molecule has 1 aromatic carbocycles. The van der Waals surface area contributed by atoms with Gasteiger partial charge in [-0.15, -0.1) is 10.2 Å². The van der Waals surface area contributed by atoms with Crippen LogP contribution in [0.5, 0.6) is 0 Å². The smallest absolute Gasteiger partial charge is 0.269 e. The van der Waals surface area contributed by atoms with Gasteiger partial charge in [0.25, 0.3) is 12.3 Å². The minimum atomic E-state index is -2.47. The first-order valence-corrected chi connectivity index (χ1v) is 5.80. The SMILES string of the molecule is NC(=O)c1ccc(NCc2ccc(C(F)F)cc2)nn1. The zero-order valence-electron chi connectivity index (χ0n) is 10.4. The van der Waals surface area contributed by atoms with E-state index in [1.54, 1.807) is 18.2 Å². The Kier molecular flexibility index (Phi) is 4.19. The summed E-state index contributed by atoms with van der Waals surface area (Å²) in [6.45, 7) is 0.411. The summed E-state index contributed by atoms with van der Waals surface area (Å²) in [6.07, 6.45) is -2.47. The highest BCUT2D eigenvalue weighted by atomic mass is 19.3. The Bertz CT molecular complexity index is 584. The molecule has 2 rings (SSSR count). The van der Waals surface area contributed by atoms with E-state index < -0.39 is 12.3 Å². The number of primary amides is 1. The molecule has 0 spiro atoms. The number of aromatic nitrogens is 2. The summed E-state index contributed by atoms with van der Waals surface area (Å²) in [5.74, 6) is -0.181. The molecule has 1 heterocycles. The van der Waals surface area contributed by atoms with Crippen LogP contribution in [0.15, 0.2) is 36.4 Å². The van der Waals surface area contributed by atoms with E-state index in [2.05, 4.69) is 15.5 Å². The minimum absolute atomic E-state index is 0.0145. The van der Waals surface area contributed by atoms with E-state index >= 15 is 0 Å². The quantitative estimate of drug-likeness (QED) is 0.877. The summed E-state index contributed by atoms with van der Waals surface area (Å²) in [4.78, 5) is 10.8. The maximum absolute atomic E-state index is 12.4.